The van der Waals surface area contributed by atoms with Crippen LogP contribution < -0.4 is 10.6 Å². The number of anilines is 2. The van der Waals surface area contributed by atoms with Crippen LogP contribution in [0, 0.1) is 0 Å². The smallest absolute Gasteiger partial charge is 0.248 e. The number of thioether (sulfide) groups is 1. The fraction of sp³-hybridized carbons (Fsp3) is 0.333. The summed E-state index contributed by atoms with van der Waals surface area (Å²) in [6.45, 7) is 1.19. The summed E-state index contributed by atoms with van der Waals surface area (Å²) in [5.41, 5.74) is 2.61. The second-order valence-electron chi connectivity index (χ2n) is 12.4. The molecule has 4 amide bonds. The average molecular weight is 697 g/mol. The van der Waals surface area contributed by atoms with Gasteiger partial charge >= 0.3 is 0 Å². The van der Waals surface area contributed by atoms with E-state index in [9.17, 15) is 19.2 Å². The number of carbonyl (C=O) groups is 4. The molecule has 2 aromatic carbocycles. The van der Waals surface area contributed by atoms with Crippen LogP contribution in [-0.4, -0.2) is 74.0 Å². The van der Waals surface area contributed by atoms with Crippen molar-refractivity contribution in [3.05, 3.63) is 82.4 Å². The molecule has 11 nitrogen and oxygen atoms in total. The Morgan fingerprint density at radius 2 is 1.35 bits per heavy atom. The zero-order chi connectivity index (χ0) is 33.7. The lowest BCUT2D eigenvalue weighted by atomic mass is 10.1. The molecule has 2 saturated heterocycles. The van der Waals surface area contributed by atoms with E-state index >= 15 is 0 Å². The molecule has 4 aromatic rings. The van der Waals surface area contributed by atoms with Crippen molar-refractivity contribution in [1.29, 1.82) is 0 Å². The van der Waals surface area contributed by atoms with E-state index in [0.717, 1.165) is 24.1 Å². The third-order valence-corrected chi connectivity index (χ3v) is 11.0. The molecule has 13 heteroatoms. The van der Waals surface area contributed by atoms with E-state index in [1.165, 1.54) is 0 Å². The van der Waals surface area contributed by atoms with Gasteiger partial charge in [0.05, 0.1) is 6.42 Å². The van der Waals surface area contributed by atoms with E-state index in [1.807, 2.05) is 22.9 Å². The number of benzene rings is 2. The number of carbonyl (C=O) groups excluding carboxylic acids is 4. The van der Waals surface area contributed by atoms with Crippen molar-refractivity contribution in [2.75, 3.05) is 23.7 Å². The fourth-order valence-electron chi connectivity index (χ4n) is 6.51. The first-order valence-corrected chi connectivity index (χ1v) is 18.3. The van der Waals surface area contributed by atoms with Gasteiger partial charge < -0.3 is 24.9 Å². The largest absolute Gasteiger partial charge is 0.416 e. The fourth-order valence-corrected chi connectivity index (χ4v) is 8.11. The van der Waals surface area contributed by atoms with Gasteiger partial charge in [-0.2, -0.15) is 0 Å². The number of allylic oxidation sites excluding steroid dienone is 1. The van der Waals surface area contributed by atoms with Crippen molar-refractivity contribution >= 4 is 58.1 Å². The highest BCUT2D eigenvalue weighted by Crippen LogP contribution is 2.30. The van der Waals surface area contributed by atoms with E-state index in [-0.39, 0.29) is 28.9 Å². The van der Waals surface area contributed by atoms with E-state index in [2.05, 4.69) is 26.9 Å². The quantitative estimate of drug-likeness (QED) is 0.207. The van der Waals surface area contributed by atoms with Crippen molar-refractivity contribution in [3.63, 3.8) is 0 Å². The van der Waals surface area contributed by atoms with Crippen LogP contribution in [0.25, 0.3) is 22.9 Å². The second-order valence-corrected chi connectivity index (χ2v) is 14.6. The molecule has 3 aliphatic rings. The van der Waals surface area contributed by atoms with Crippen LogP contribution in [0.2, 0.25) is 0 Å². The van der Waals surface area contributed by atoms with E-state index in [0.29, 0.717) is 73.1 Å². The van der Waals surface area contributed by atoms with Gasteiger partial charge in [-0.05, 0) is 97.5 Å². The Balaban J connectivity index is 0.925. The highest BCUT2D eigenvalue weighted by atomic mass is 32.2. The number of thiophene rings is 1. The first-order valence-electron chi connectivity index (χ1n) is 16.5. The number of rotatable bonds is 10. The average Bonchev–Trinajstić information content (AvgIpc) is 3.95. The summed E-state index contributed by atoms with van der Waals surface area (Å²) >= 11 is 3.22. The summed E-state index contributed by atoms with van der Waals surface area (Å²) in [5.74, 6) is 0.274. The first kappa shape index (κ1) is 32.8. The minimum Gasteiger partial charge on any atom is -0.416 e. The first-order chi connectivity index (χ1) is 23.9. The number of aromatic nitrogens is 2. The molecule has 2 fully saturated rings. The lowest BCUT2D eigenvalue weighted by Gasteiger charge is -2.25. The molecule has 5 heterocycles. The number of amides is 4. The standard InChI is InChI=1S/C36H36N6O5S2/c43-31(21-27-5-3-19-48-27)41-17-1-7-29(41)33(45)37-25-13-9-23(10-14-25)35-39-40-36(47-35)24-11-15-26(16-12-24)38-34(46)30-8-2-18-42(30)32(44)22-28-6-4-20-49-28/h3-5,9-16,19-20,28-30H,1-2,6-8,17-18,21-22H2,(H,37,45)(H,38,46)/t28?,29-,30-/m0/s1. The molecular weight excluding hydrogens is 661 g/mol. The maximum Gasteiger partial charge on any atom is 0.248 e. The Hall–Kier alpha value is -4.75. The van der Waals surface area contributed by atoms with Crippen molar-refractivity contribution in [1.82, 2.24) is 20.0 Å². The van der Waals surface area contributed by atoms with Crippen LogP contribution >= 0.6 is 23.1 Å². The van der Waals surface area contributed by atoms with Crippen LogP contribution in [0.4, 0.5) is 11.4 Å². The Bertz CT molecular complexity index is 1830. The lowest BCUT2D eigenvalue weighted by Crippen LogP contribution is -2.43. The number of hydrogen-bond acceptors (Lipinski definition) is 9. The molecule has 49 heavy (non-hydrogen) atoms. The van der Waals surface area contributed by atoms with Crippen molar-refractivity contribution in [3.8, 4) is 22.9 Å². The van der Waals surface area contributed by atoms with Gasteiger partial charge in [0.15, 0.2) is 0 Å². The summed E-state index contributed by atoms with van der Waals surface area (Å²) in [4.78, 5) is 56.4. The van der Waals surface area contributed by atoms with Crippen LogP contribution in [0.3, 0.4) is 0 Å². The van der Waals surface area contributed by atoms with Gasteiger partial charge in [-0.15, -0.1) is 33.3 Å². The van der Waals surface area contributed by atoms with Crippen molar-refractivity contribution in [2.45, 2.75) is 62.3 Å². The Labute approximate surface area is 292 Å². The maximum absolute atomic E-state index is 13.1. The molecule has 2 aromatic heterocycles. The third-order valence-electron chi connectivity index (χ3n) is 9.05. The van der Waals surface area contributed by atoms with E-state index < -0.39 is 12.1 Å². The zero-order valence-electron chi connectivity index (χ0n) is 26.7. The van der Waals surface area contributed by atoms with Gasteiger partial charge in [-0.25, -0.2) is 0 Å². The highest BCUT2D eigenvalue weighted by Gasteiger charge is 2.36. The van der Waals surface area contributed by atoms with Gasteiger partial charge in [-0.1, -0.05) is 12.1 Å². The van der Waals surface area contributed by atoms with Gasteiger partial charge in [-0.3, -0.25) is 19.2 Å². The van der Waals surface area contributed by atoms with Gasteiger partial charge in [0.2, 0.25) is 35.4 Å². The predicted octanol–water partition coefficient (Wildman–Crippen LogP) is 5.98. The van der Waals surface area contributed by atoms with Crippen LogP contribution in [0.15, 0.2) is 81.9 Å². The predicted molar refractivity (Wildman–Crippen MR) is 190 cm³/mol. The van der Waals surface area contributed by atoms with Gasteiger partial charge in [0.25, 0.3) is 0 Å². The minimum atomic E-state index is -0.490. The Kier molecular flexibility index (Phi) is 9.89. The van der Waals surface area contributed by atoms with Crippen LogP contribution in [-0.2, 0) is 25.6 Å². The molecule has 0 spiro atoms. The molecule has 0 radical (unpaired) electrons. The zero-order valence-corrected chi connectivity index (χ0v) is 28.4. The molecule has 3 atom stereocenters. The summed E-state index contributed by atoms with van der Waals surface area (Å²) in [7, 11) is 0. The SMILES string of the molecule is O=C(Nc1ccc(-c2nnc(-c3ccc(NC(=O)[C@@H]4CCCN4C(=O)CC4CC=CS4)cc3)o2)cc1)[C@@H]1CCCN1C(=O)Cc1cccs1. The summed E-state index contributed by atoms with van der Waals surface area (Å²) < 4.78 is 5.95. The Morgan fingerprint density at radius 1 is 0.776 bits per heavy atom. The summed E-state index contributed by atoms with van der Waals surface area (Å²) in [6, 6.07) is 17.2. The van der Waals surface area contributed by atoms with Crippen LogP contribution in [0.5, 0.6) is 0 Å². The molecule has 0 saturated carbocycles. The lowest BCUT2D eigenvalue weighted by molar-refractivity contribution is -0.136. The number of nitrogens with one attached hydrogen (secondary N) is 2. The molecule has 1 unspecified atom stereocenters. The molecule has 0 aliphatic carbocycles. The van der Waals surface area contributed by atoms with Crippen molar-refractivity contribution in [2.24, 2.45) is 0 Å². The molecule has 3 aliphatic heterocycles. The minimum absolute atomic E-state index is 0.0299. The third kappa shape index (κ3) is 7.62. The van der Waals surface area contributed by atoms with Gasteiger partial charge in [0.1, 0.15) is 12.1 Å². The van der Waals surface area contributed by atoms with E-state index in [4.69, 9.17) is 4.42 Å². The summed E-state index contributed by atoms with van der Waals surface area (Å²) in [6.07, 6.45) is 6.63. The second kappa shape index (κ2) is 14.8. The van der Waals surface area contributed by atoms with Gasteiger partial charge in [0, 0.05) is 52.1 Å². The highest BCUT2D eigenvalue weighted by molar-refractivity contribution is 8.03. The van der Waals surface area contributed by atoms with Crippen molar-refractivity contribution < 1.29 is 23.6 Å². The molecule has 0 bridgehead atoms. The molecule has 252 valence electrons. The van der Waals surface area contributed by atoms with E-state index in [1.54, 1.807) is 81.4 Å². The molecular formula is C36H36N6O5S2. The monoisotopic (exact) mass is 696 g/mol. The molecule has 2 N–H and O–H groups in total. The molecule has 7 rings (SSSR count). The number of likely N-dealkylation sites (tertiary alicyclic amines) is 2. The number of nitrogens with zero attached hydrogens (tertiary/aromatic N) is 4. The summed E-state index contributed by atoms with van der Waals surface area (Å²) in [5, 5.41) is 18.6. The number of hydrogen-bond donors (Lipinski definition) is 2. The maximum atomic E-state index is 13.1. The normalized spacial score (nSPS) is 20.1. The topological polar surface area (TPSA) is 138 Å². The van der Waals surface area contributed by atoms with Crippen LogP contribution in [0.1, 0.15) is 43.4 Å². The Morgan fingerprint density at radius 3 is 1.86 bits per heavy atom.